The van der Waals surface area contributed by atoms with E-state index in [0.29, 0.717) is 11.5 Å². The van der Waals surface area contributed by atoms with Crippen LogP contribution in [-0.2, 0) is 32.9 Å². The third kappa shape index (κ3) is 7.10. The summed E-state index contributed by atoms with van der Waals surface area (Å²) in [4.78, 5) is 9.55. The van der Waals surface area contributed by atoms with E-state index in [-0.39, 0.29) is 46.4 Å². The molecule has 0 unspecified atom stereocenters. The number of rotatable bonds is 5. The van der Waals surface area contributed by atoms with Gasteiger partial charge in [-0.3, -0.25) is 0 Å². The molecule has 3 aromatic carbocycles. The van der Waals surface area contributed by atoms with E-state index in [2.05, 4.69) is 121 Å². The molecule has 0 bridgehead atoms. The molecule has 3 heterocycles. The van der Waals surface area contributed by atoms with E-state index < -0.39 is 0 Å². The van der Waals surface area contributed by atoms with Crippen molar-refractivity contribution in [1.82, 2.24) is 9.97 Å². The fourth-order valence-corrected chi connectivity index (χ4v) is 8.04. The zero-order valence-electron chi connectivity index (χ0n) is 26.7. The predicted octanol–water partition coefficient (Wildman–Crippen LogP) is 10.1. The van der Waals surface area contributed by atoms with Gasteiger partial charge in [-0.25, -0.2) is 0 Å². The number of aryl methyl sites for hydroxylation is 2. The zero-order valence-corrected chi connectivity index (χ0v) is 30.6. The van der Waals surface area contributed by atoms with Crippen molar-refractivity contribution in [3.05, 3.63) is 107 Å². The molecule has 0 N–H and O–H groups in total. The maximum atomic E-state index is 6.45. The van der Waals surface area contributed by atoms with Gasteiger partial charge in [0.1, 0.15) is 0 Å². The Bertz CT molecular complexity index is 1980. The molecule has 0 aliphatic carbocycles. The van der Waals surface area contributed by atoms with Crippen LogP contribution in [0.15, 0.2) is 73.1 Å². The number of benzene rings is 3. The molecule has 226 valence electrons. The van der Waals surface area contributed by atoms with Gasteiger partial charge >= 0.3 is 240 Å². The summed E-state index contributed by atoms with van der Waals surface area (Å²) in [6.07, 6.45) is 4.89. The average Bonchev–Trinajstić information content (AvgIpc) is 3.29. The first-order valence-electron chi connectivity index (χ1n) is 14.9. The molecular weight excluding hydrogens is 786 g/mol. The number of hydrogen-bond donors (Lipinski definition) is 0. The second kappa shape index (κ2) is 12.4. The topological polar surface area (TPSA) is 35.0 Å². The Morgan fingerprint density at radius 3 is 2.07 bits per heavy atom. The van der Waals surface area contributed by atoms with Crippen LogP contribution in [0.5, 0.6) is 11.5 Å². The van der Waals surface area contributed by atoms with E-state index >= 15 is 0 Å². The van der Waals surface area contributed by atoms with Crippen molar-refractivity contribution < 1.29 is 25.8 Å². The minimum atomic E-state index is 0. The minimum absolute atomic E-state index is 0. The van der Waals surface area contributed by atoms with Crippen LogP contribution >= 0.6 is 0 Å². The van der Waals surface area contributed by atoms with Crippen LogP contribution in [0.2, 0.25) is 0 Å². The molecule has 0 aliphatic rings. The average molecular weight is 825 g/mol. The van der Waals surface area contributed by atoms with E-state index in [1.165, 1.54) is 30.4 Å². The van der Waals surface area contributed by atoms with Gasteiger partial charge in [0.2, 0.25) is 0 Å². The molecule has 0 spiro atoms. The third-order valence-electron chi connectivity index (χ3n) is 7.54. The van der Waals surface area contributed by atoms with Gasteiger partial charge in [0.15, 0.2) is 0 Å². The summed E-state index contributed by atoms with van der Waals surface area (Å²) in [6.45, 7) is 17.7. The van der Waals surface area contributed by atoms with Crippen molar-refractivity contribution in [2.75, 3.05) is 0 Å². The molecule has 0 radical (unpaired) electrons. The first-order chi connectivity index (χ1) is 20.3. The number of pyridine rings is 2. The molecule has 0 saturated carbocycles. The van der Waals surface area contributed by atoms with Crippen molar-refractivity contribution in [3.8, 4) is 34.0 Å². The first-order valence-corrected chi connectivity index (χ1v) is 16.6. The summed E-state index contributed by atoms with van der Waals surface area (Å²) >= 11 is 0.255. The second-order valence-corrected chi connectivity index (χ2v) is 16.1. The van der Waals surface area contributed by atoms with E-state index in [0.717, 1.165) is 40.1 Å². The standard InChI is InChI=1S/C39H38N2OSe.Pt/c1-24-15-27(33-22-29(11-13-40-33)39(6,7)8)20-30(17-24)42-31-18-25(2)16-28(21-31)37-36-32-10-9-26(23-38(3,4)5)19-35(32)43-34(36)12-14-41-37;/h9-19,22H,23H2,1-8H3;/q-2;+2. The number of nitrogens with zero attached hydrogens (tertiary/aromatic N) is 2. The van der Waals surface area contributed by atoms with Gasteiger partial charge in [-0.1, -0.05) is 20.8 Å². The van der Waals surface area contributed by atoms with Crippen molar-refractivity contribution >= 4 is 33.8 Å². The summed E-state index contributed by atoms with van der Waals surface area (Å²) in [7, 11) is 0. The third-order valence-corrected chi connectivity index (χ3v) is 9.88. The number of hydrogen-bond acceptors (Lipinski definition) is 3. The number of aromatic nitrogens is 2. The molecule has 0 aliphatic heterocycles. The molecule has 6 aromatic rings. The Hall–Kier alpha value is -3.03. The van der Waals surface area contributed by atoms with E-state index in [4.69, 9.17) is 9.72 Å². The number of ether oxygens (including phenoxy) is 1. The Kier molecular flexibility index (Phi) is 9.12. The Balaban J connectivity index is 0.00000384. The van der Waals surface area contributed by atoms with Crippen LogP contribution in [0.1, 0.15) is 63.8 Å². The molecule has 0 fully saturated rings. The zero-order chi connectivity index (χ0) is 30.5. The predicted molar refractivity (Wildman–Crippen MR) is 180 cm³/mol. The van der Waals surface area contributed by atoms with Crippen molar-refractivity contribution in [2.45, 2.75) is 67.2 Å². The van der Waals surface area contributed by atoms with Gasteiger partial charge in [-0.15, -0.1) is 0 Å². The largest absolute Gasteiger partial charge is 2.00 e. The van der Waals surface area contributed by atoms with Crippen molar-refractivity contribution in [1.29, 1.82) is 0 Å². The van der Waals surface area contributed by atoms with Gasteiger partial charge < -0.3 is 0 Å². The van der Waals surface area contributed by atoms with Gasteiger partial charge in [0.05, 0.1) is 0 Å². The van der Waals surface area contributed by atoms with Crippen LogP contribution in [-0.4, -0.2) is 24.5 Å². The van der Waals surface area contributed by atoms with Gasteiger partial charge in [0.25, 0.3) is 0 Å². The maximum Gasteiger partial charge on any atom is 2.00 e. The summed E-state index contributed by atoms with van der Waals surface area (Å²) in [6, 6.07) is 28.7. The monoisotopic (exact) mass is 825 g/mol. The van der Waals surface area contributed by atoms with Crippen LogP contribution in [0.3, 0.4) is 0 Å². The Morgan fingerprint density at radius 1 is 0.727 bits per heavy atom. The van der Waals surface area contributed by atoms with E-state index in [9.17, 15) is 0 Å². The molecular formula is C39H38N2OPtSe. The fourth-order valence-electron chi connectivity index (χ4n) is 5.59. The smallest absolute Gasteiger partial charge is 2.00 e. The molecule has 5 heteroatoms. The molecule has 0 atom stereocenters. The Morgan fingerprint density at radius 2 is 1.39 bits per heavy atom. The summed E-state index contributed by atoms with van der Waals surface area (Å²) in [5, 5.41) is 2.54. The van der Waals surface area contributed by atoms with Gasteiger partial charge in [-0.2, -0.15) is 0 Å². The number of fused-ring (bicyclic) bond motifs is 3. The van der Waals surface area contributed by atoms with Crippen LogP contribution in [0, 0.1) is 31.4 Å². The molecule has 3 aromatic heterocycles. The van der Waals surface area contributed by atoms with Gasteiger partial charge in [-0.05, 0) is 17.0 Å². The SMILES string of the molecule is Cc1cc(Oc2[c-]c(-c3nccc4[se]c5cc(CC(C)(C)C)ccc5c34)cc(C)c2)[c-]c(-c2cc(C(C)(C)C)ccn2)c1.[Pt+2]. The first kappa shape index (κ1) is 32.4. The molecule has 44 heavy (non-hydrogen) atoms. The van der Waals surface area contributed by atoms with Crippen molar-refractivity contribution in [3.63, 3.8) is 0 Å². The molecule has 0 saturated heterocycles. The molecule has 0 amide bonds. The molecule has 3 nitrogen and oxygen atoms in total. The fraction of sp³-hybridized carbons (Fsp3) is 0.282. The Labute approximate surface area is 282 Å². The quantitative estimate of drug-likeness (QED) is 0.128. The van der Waals surface area contributed by atoms with Crippen LogP contribution in [0.4, 0.5) is 0 Å². The normalized spacial score (nSPS) is 12.0. The summed E-state index contributed by atoms with van der Waals surface area (Å²) < 4.78 is 9.26. The summed E-state index contributed by atoms with van der Waals surface area (Å²) in [5.74, 6) is 1.31. The second-order valence-electron chi connectivity index (χ2n) is 13.9. The minimum Gasteiger partial charge on any atom is 2.00 e. The van der Waals surface area contributed by atoms with Gasteiger partial charge in [0, 0.05) is 6.20 Å². The maximum absolute atomic E-state index is 6.45. The molecule has 6 rings (SSSR count). The van der Waals surface area contributed by atoms with Crippen molar-refractivity contribution in [2.24, 2.45) is 5.41 Å². The van der Waals surface area contributed by atoms with E-state index in [1.807, 2.05) is 24.5 Å². The van der Waals surface area contributed by atoms with Crippen LogP contribution < -0.4 is 4.74 Å². The summed E-state index contributed by atoms with van der Waals surface area (Å²) in [5.41, 5.74) is 8.85. The van der Waals surface area contributed by atoms with Crippen LogP contribution in [0.25, 0.3) is 41.8 Å². The van der Waals surface area contributed by atoms with E-state index in [1.54, 1.807) is 0 Å².